The van der Waals surface area contributed by atoms with Crippen LogP contribution in [0, 0.1) is 11.2 Å². The molecule has 0 aliphatic heterocycles. The molecular weight excluding hydrogens is 283 g/mol. The van der Waals surface area contributed by atoms with Crippen molar-refractivity contribution in [1.82, 2.24) is 0 Å². The maximum absolute atomic E-state index is 13.0. The second-order valence-corrected chi connectivity index (χ2v) is 5.99. The second-order valence-electron chi connectivity index (χ2n) is 5.13. The topological polar surface area (TPSA) is 20.2 Å². The van der Waals surface area contributed by atoms with E-state index < -0.39 is 0 Å². The highest BCUT2D eigenvalue weighted by Crippen LogP contribution is 2.40. The maximum Gasteiger partial charge on any atom is 0.124 e. The summed E-state index contributed by atoms with van der Waals surface area (Å²) in [7, 11) is 0. The van der Waals surface area contributed by atoms with Gasteiger partial charge in [0, 0.05) is 11.1 Å². The number of hydrogen-bond donors (Lipinski definition) is 1. The summed E-state index contributed by atoms with van der Waals surface area (Å²) < 4.78 is 13.8. The molecule has 1 fully saturated rings. The summed E-state index contributed by atoms with van der Waals surface area (Å²) in [6, 6.07) is 4.82. The van der Waals surface area contributed by atoms with Gasteiger partial charge in [0.1, 0.15) is 5.82 Å². The average Bonchev–Trinajstić information content (AvgIpc) is 2.34. The Morgan fingerprint density at radius 3 is 2.53 bits per heavy atom. The minimum Gasteiger partial charge on any atom is -0.396 e. The van der Waals surface area contributed by atoms with Gasteiger partial charge in [0.25, 0.3) is 0 Å². The zero-order valence-electron chi connectivity index (χ0n) is 9.88. The van der Waals surface area contributed by atoms with Crippen LogP contribution in [0.1, 0.15) is 37.7 Å². The first-order valence-electron chi connectivity index (χ1n) is 6.20. The molecule has 0 aromatic heterocycles. The molecule has 94 valence electrons. The van der Waals surface area contributed by atoms with Crippen molar-refractivity contribution in [1.29, 1.82) is 0 Å². The van der Waals surface area contributed by atoms with Crippen LogP contribution in [0.5, 0.6) is 0 Å². The van der Waals surface area contributed by atoms with Crippen molar-refractivity contribution in [2.45, 2.75) is 38.5 Å². The number of halogens is 2. The minimum atomic E-state index is -0.220. The van der Waals surface area contributed by atoms with E-state index in [1.165, 1.54) is 31.4 Å². The molecule has 1 aliphatic carbocycles. The first-order valence-corrected chi connectivity index (χ1v) is 6.99. The Balaban J connectivity index is 2.17. The van der Waals surface area contributed by atoms with E-state index in [2.05, 4.69) is 15.9 Å². The third-order valence-electron chi connectivity index (χ3n) is 3.83. The SMILES string of the molecule is OCC1(Cc2ccc(F)cc2Br)CCCCC1. The zero-order valence-corrected chi connectivity index (χ0v) is 11.5. The molecular formula is C14H18BrFO. The molecule has 0 atom stereocenters. The van der Waals surface area contributed by atoms with Crippen molar-refractivity contribution in [3.8, 4) is 0 Å². The van der Waals surface area contributed by atoms with Crippen LogP contribution in [0.4, 0.5) is 4.39 Å². The molecule has 1 nitrogen and oxygen atoms in total. The molecule has 0 bridgehead atoms. The van der Waals surface area contributed by atoms with Crippen molar-refractivity contribution < 1.29 is 9.50 Å². The molecule has 2 rings (SSSR count). The highest BCUT2D eigenvalue weighted by molar-refractivity contribution is 9.10. The number of benzene rings is 1. The van der Waals surface area contributed by atoms with Gasteiger partial charge in [-0.2, -0.15) is 0 Å². The normalized spacial score (nSPS) is 19.2. The summed E-state index contributed by atoms with van der Waals surface area (Å²) in [5.41, 5.74) is 1.11. The van der Waals surface area contributed by atoms with Gasteiger partial charge in [-0.05, 0) is 42.4 Å². The van der Waals surface area contributed by atoms with E-state index in [0.717, 1.165) is 29.3 Å². The Hall–Kier alpha value is -0.410. The van der Waals surface area contributed by atoms with Gasteiger partial charge in [-0.15, -0.1) is 0 Å². The predicted molar refractivity (Wildman–Crippen MR) is 70.4 cm³/mol. The van der Waals surface area contributed by atoms with Crippen LogP contribution in [-0.4, -0.2) is 11.7 Å². The molecule has 0 radical (unpaired) electrons. The van der Waals surface area contributed by atoms with Gasteiger partial charge in [0.2, 0.25) is 0 Å². The van der Waals surface area contributed by atoms with Crippen LogP contribution in [0.2, 0.25) is 0 Å². The summed E-state index contributed by atoms with van der Waals surface area (Å²) in [6.45, 7) is 0.233. The Bertz CT molecular complexity index is 386. The summed E-state index contributed by atoms with van der Waals surface area (Å²) in [6.07, 6.45) is 6.65. The molecule has 17 heavy (non-hydrogen) atoms. The second kappa shape index (κ2) is 5.49. The Morgan fingerprint density at radius 2 is 1.94 bits per heavy atom. The van der Waals surface area contributed by atoms with Gasteiger partial charge in [0.15, 0.2) is 0 Å². The molecule has 0 spiro atoms. The molecule has 1 N–H and O–H groups in total. The van der Waals surface area contributed by atoms with Gasteiger partial charge in [-0.1, -0.05) is 41.3 Å². The van der Waals surface area contributed by atoms with Crippen molar-refractivity contribution in [3.63, 3.8) is 0 Å². The summed E-state index contributed by atoms with van der Waals surface area (Å²) in [5.74, 6) is -0.220. The molecule has 0 saturated heterocycles. The molecule has 0 unspecified atom stereocenters. The third-order valence-corrected chi connectivity index (χ3v) is 4.57. The monoisotopic (exact) mass is 300 g/mol. The number of hydrogen-bond acceptors (Lipinski definition) is 1. The number of aliphatic hydroxyl groups is 1. The van der Waals surface area contributed by atoms with Gasteiger partial charge in [-0.25, -0.2) is 4.39 Å². The average molecular weight is 301 g/mol. The van der Waals surface area contributed by atoms with Gasteiger partial charge >= 0.3 is 0 Å². The lowest BCUT2D eigenvalue weighted by molar-refractivity contribution is 0.0822. The van der Waals surface area contributed by atoms with E-state index in [9.17, 15) is 9.50 Å². The van der Waals surface area contributed by atoms with Crippen LogP contribution in [-0.2, 0) is 6.42 Å². The molecule has 0 amide bonds. The molecule has 3 heteroatoms. The van der Waals surface area contributed by atoms with E-state index in [-0.39, 0.29) is 17.8 Å². The van der Waals surface area contributed by atoms with Crippen LogP contribution < -0.4 is 0 Å². The standard InChI is InChI=1S/C14H18BrFO/c15-13-8-12(16)5-4-11(13)9-14(10-17)6-2-1-3-7-14/h4-5,8,17H,1-3,6-7,9-10H2. The molecule has 0 heterocycles. The highest BCUT2D eigenvalue weighted by Gasteiger charge is 2.31. The van der Waals surface area contributed by atoms with Crippen LogP contribution >= 0.6 is 15.9 Å². The van der Waals surface area contributed by atoms with Crippen molar-refractivity contribution in [2.24, 2.45) is 5.41 Å². The predicted octanol–water partition coefficient (Wildman–Crippen LogP) is 4.07. The maximum atomic E-state index is 13.0. The molecule has 1 aromatic carbocycles. The minimum absolute atomic E-state index is 0.0125. The lowest BCUT2D eigenvalue weighted by Gasteiger charge is -2.36. The summed E-state index contributed by atoms with van der Waals surface area (Å²) in [5, 5.41) is 9.66. The van der Waals surface area contributed by atoms with Gasteiger partial charge < -0.3 is 5.11 Å². The first kappa shape index (κ1) is 13.0. The molecule has 1 aliphatic rings. The van der Waals surface area contributed by atoms with Crippen LogP contribution in [0.25, 0.3) is 0 Å². The molecule has 1 saturated carbocycles. The quantitative estimate of drug-likeness (QED) is 0.892. The zero-order chi connectivity index (χ0) is 12.3. The first-order chi connectivity index (χ1) is 8.15. The van der Waals surface area contributed by atoms with Crippen molar-refractivity contribution in [3.05, 3.63) is 34.1 Å². The third kappa shape index (κ3) is 3.08. The van der Waals surface area contributed by atoms with Crippen molar-refractivity contribution >= 4 is 15.9 Å². The molecule has 1 aromatic rings. The van der Waals surface area contributed by atoms with E-state index in [4.69, 9.17) is 0 Å². The summed E-state index contributed by atoms with van der Waals surface area (Å²) >= 11 is 3.41. The number of rotatable bonds is 3. The Morgan fingerprint density at radius 1 is 1.24 bits per heavy atom. The van der Waals surface area contributed by atoms with E-state index in [1.54, 1.807) is 0 Å². The van der Waals surface area contributed by atoms with E-state index >= 15 is 0 Å². The largest absolute Gasteiger partial charge is 0.396 e. The highest BCUT2D eigenvalue weighted by atomic mass is 79.9. The van der Waals surface area contributed by atoms with Crippen LogP contribution in [0.3, 0.4) is 0 Å². The fraction of sp³-hybridized carbons (Fsp3) is 0.571. The Kier molecular flexibility index (Phi) is 4.21. The Labute approximate surface area is 110 Å². The van der Waals surface area contributed by atoms with Gasteiger partial charge in [0.05, 0.1) is 0 Å². The lowest BCUT2D eigenvalue weighted by Crippen LogP contribution is -2.30. The fourth-order valence-corrected chi connectivity index (χ4v) is 3.25. The van der Waals surface area contributed by atoms with Crippen LogP contribution in [0.15, 0.2) is 22.7 Å². The van der Waals surface area contributed by atoms with E-state index in [1.807, 2.05) is 6.07 Å². The lowest BCUT2D eigenvalue weighted by atomic mass is 9.71. The smallest absolute Gasteiger partial charge is 0.124 e. The van der Waals surface area contributed by atoms with E-state index in [0.29, 0.717) is 0 Å². The fourth-order valence-electron chi connectivity index (χ4n) is 2.76. The van der Waals surface area contributed by atoms with Gasteiger partial charge in [-0.3, -0.25) is 0 Å². The van der Waals surface area contributed by atoms with Crippen molar-refractivity contribution in [2.75, 3.05) is 6.61 Å². The number of aliphatic hydroxyl groups excluding tert-OH is 1. The summed E-state index contributed by atoms with van der Waals surface area (Å²) in [4.78, 5) is 0.